The van der Waals surface area contributed by atoms with Crippen LogP contribution in [-0.4, -0.2) is 74.7 Å². The van der Waals surface area contributed by atoms with E-state index in [1.165, 1.54) is 39.3 Å². The molecule has 1 aliphatic heterocycles. The van der Waals surface area contributed by atoms with E-state index in [4.69, 9.17) is 0 Å². The molecule has 1 unspecified atom stereocenters. The third kappa shape index (κ3) is 6.57. The second kappa shape index (κ2) is 9.19. The van der Waals surface area contributed by atoms with Crippen LogP contribution in [0.25, 0.3) is 0 Å². The Balaban J connectivity index is 2.21. The lowest BCUT2D eigenvalue weighted by atomic mass is 10.1. The first-order valence-electron chi connectivity index (χ1n) is 7.97. The summed E-state index contributed by atoms with van der Waals surface area (Å²) in [5.74, 6) is 1.54. The molecule has 0 aliphatic carbocycles. The van der Waals surface area contributed by atoms with Crippen LogP contribution in [0.4, 0.5) is 0 Å². The molecule has 0 bridgehead atoms. The summed E-state index contributed by atoms with van der Waals surface area (Å²) < 4.78 is 0. The fourth-order valence-electron chi connectivity index (χ4n) is 2.53. The number of nitrogens with zero attached hydrogens (tertiary/aromatic N) is 3. The number of rotatable bonds is 6. The van der Waals surface area contributed by atoms with Crippen molar-refractivity contribution in [2.45, 2.75) is 33.7 Å². The van der Waals surface area contributed by atoms with Crippen LogP contribution >= 0.6 is 0 Å². The highest BCUT2D eigenvalue weighted by Gasteiger charge is 2.17. The van der Waals surface area contributed by atoms with Crippen LogP contribution in [0.2, 0.25) is 0 Å². The van der Waals surface area contributed by atoms with Gasteiger partial charge >= 0.3 is 0 Å². The average molecular weight is 283 g/mol. The first-order valence-corrected chi connectivity index (χ1v) is 7.97. The lowest BCUT2D eigenvalue weighted by Crippen LogP contribution is -2.49. The molecule has 0 aromatic heterocycles. The molecule has 5 nitrogen and oxygen atoms in total. The minimum absolute atomic E-state index is 0.415. The molecule has 0 aromatic carbocycles. The van der Waals surface area contributed by atoms with Crippen molar-refractivity contribution in [2.75, 3.05) is 52.9 Å². The van der Waals surface area contributed by atoms with E-state index >= 15 is 0 Å². The zero-order valence-electron chi connectivity index (χ0n) is 13.9. The molecule has 0 radical (unpaired) electrons. The van der Waals surface area contributed by atoms with Crippen LogP contribution in [0.15, 0.2) is 4.99 Å². The first-order chi connectivity index (χ1) is 9.55. The molecule has 1 fully saturated rings. The van der Waals surface area contributed by atoms with E-state index in [2.05, 4.69) is 53.1 Å². The lowest BCUT2D eigenvalue weighted by molar-refractivity contribution is 0.124. The molecular weight excluding hydrogens is 250 g/mol. The zero-order chi connectivity index (χ0) is 15.0. The largest absolute Gasteiger partial charge is 0.356 e. The maximum Gasteiger partial charge on any atom is 0.191 e. The first kappa shape index (κ1) is 17.2. The van der Waals surface area contributed by atoms with Crippen molar-refractivity contribution in [3.05, 3.63) is 0 Å². The fraction of sp³-hybridized carbons (Fsp3) is 0.933. The van der Waals surface area contributed by atoms with Crippen molar-refractivity contribution in [2.24, 2.45) is 10.9 Å². The minimum Gasteiger partial charge on any atom is -0.356 e. The molecule has 1 atom stereocenters. The summed E-state index contributed by atoms with van der Waals surface area (Å²) in [5, 5.41) is 6.73. The molecule has 1 aliphatic rings. The highest BCUT2D eigenvalue weighted by Crippen LogP contribution is 2.04. The predicted octanol–water partition coefficient (Wildman–Crippen LogP) is 0.833. The molecule has 5 heteroatoms. The zero-order valence-corrected chi connectivity index (χ0v) is 13.9. The van der Waals surface area contributed by atoms with E-state index in [0.717, 1.165) is 12.5 Å². The summed E-state index contributed by atoms with van der Waals surface area (Å²) >= 11 is 0. The summed E-state index contributed by atoms with van der Waals surface area (Å²) in [6.45, 7) is 17.0. The van der Waals surface area contributed by atoms with Crippen molar-refractivity contribution in [1.82, 2.24) is 20.4 Å². The molecule has 0 amide bonds. The van der Waals surface area contributed by atoms with Crippen LogP contribution in [0.5, 0.6) is 0 Å². The van der Waals surface area contributed by atoms with Gasteiger partial charge in [0, 0.05) is 52.4 Å². The van der Waals surface area contributed by atoms with Gasteiger partial charge in [0.05, 0.1) is 0 Å². The van der Waals surface area contributed by atoms with Crippen molar-refractivity contribution < 1.29 is 0 Å². The van der Waals surface area contributed by atoms with Gasteiger partial charge in [-0.1, -0.05) is 13.8 Å². The molecule has 1 heterocycles. The molecule has 2 N–H and O–H groups in total. The van der Waals surface area contributed by atoms with Crippen molar-refractivity contribution in [3.8, 4) is 0 Å². The van der Waals surface area contributed by atoms with E-state index in [0.29, 0.717) is 12.0 Å². The van der Waals surface area contributed by atoms with Gasteiger partial charge in [-0.25, -0.2) is 0 Å². The van der Waals surface area contributed by atoms with Gasteiger partial charge in [0.25, 0.3) is 0 Å². The highest BCUT2D eigenvalue weighted by molar-refractivity contribution is 5.79. The Kier molecular flexibility index (Phi) is 7.92. The SMILES string of the molecule is CCN1CCN(CC(C)CNC(=NC)NC(C)C)CC1. The second-order valence-corrected chi connectivity index (χ2v) is 6.09. The quantitative estimate of drug-likeness (QED) is 0.560. The van der Waals surface area contributed by atoms with E-state index in [1.54, 1.807) is 0 Å². The smallest absolute Gasteiger partial charge is 0.191 e. The van der Waals surface area contributed by atoms with Crippen molar-refractivity contribution in [3.63, 3.8) is 0 Å². The maximum absolute atomic E-state index is 4.24. The standard InChI is InChI=1S/C15H33N5/c1-6-19-7-9-20(10-8-19)12-14(4)11-17-15(16-5)18-13(2)3/h13-14H,6-12H2,1-5H3,(H2,16,17,18). The third-order valence-corrected chi connectivity index (χ3v) is 3.75. The third-order valence-electron chi connectivity index (χ3n) is 3.75. The summed E-state index contributed by atoms with van der Waals surface area (Å²) in [5.41, 5.74) is 0. The Labute approximate surface area is 124 Å². The fourth-order valence-corrected chi connectivity index (χ4v) is 2.53. The highest BCUT2D eigenvalue weighted by atomic mass is 15.3. The molecule has 1 rings (SSSR count). The average Bonchev–Trinajstić information content (AvgIpc) is 2.44. The monoisotopic (exact) mass is 283 g/mol. The molecule has 118 valence electrons. The molecule has 0 saturated carbocycles. The number of hydrogen-bond donors (Lipinski definition) is 2. The van der Waals surface area contributed by atoms with Crippen molar-refractivity contribution >= 4 is 5.96 Å². The minimum atomic E-state index is 0.415. The number of piperazine rings is 1. The number of hydrogen-bond acceptors (Lipinski definition) is 3. The predicted molar refractivity (Wildman–Crippen MR) is 87.4 cm³/mol. The van der Waals surface area contributed by atoms with Crippen molar-refractivity contribution in [1.29, 1.82) is 0 Å². The topological polar surface area (TPSA) is 42.9 Å². The normalized spacial score (nSPS) is 20.2. The summed E-state index contributed by atoms with van der Waals surface area (Å²) in [4.78, 5) is 9.34. The molecule has 0 aromatic rings. The Morgan fingerprint density at radius 2 is 1.70 bits per heavy atom. The van der Waals surface area contributed by atoms with Crippen LogP contribution < -0.4 is 10.6 Å². The number of likely N-dealkylation sites (N-methyl/N-ethyl adjacent to an activating group) is 1. The number of nitrogens with one attached hydrogen (secondary N) is 2. The van der Waals surface area contributed by atoms with E-state index in [1.807, 2.05) is 7.05 Å². The molecule has 0 spiro atoms. The van der Waals surface area contributed by atoms with Crippen LogP contribution in [0.3, 0.4) is 0 Å². The number of aliphatic imine (C=N–C) groups is 1. The van der Waals surface area contributed by atoms with Gasteiger partial charge in [0.15, 0.2) is 5.96 Å². The Bertz CT molecular complexity index is 282. The van der Waals surface area contributed by atoms with Gasteiger partial charge in [0.1, 0.15) is 0 Å². The van der Waals surface area contributed by atoms with Crippen LogP contribution in [0.1, 0.15) is 27.7 Å². The van der Waals surface area contributed by atoms with Gasteiger partial charge in [-0.05, 0) is 26.3 Å². The van der Waals surface area contributed by atoms with E-state index in [-0.39, 0.29) is 0 Å². The summed E-state index contributed by atoms with van der Waals surface area (Å²) in [6.07, 6.45) is 0. The van der Waals surface area contributed by atoms with Crippen LogP contribution in [0, 0.1) is 5.92 Å². The van der Waals surface area contributed by atoms with E-state index in [9.17, 15) is 0 Å². The van der Waals surface area contributed by atoms with Gasteiger partial charge in [0.2, 0.25) is 0 Å². The summed E-state index contributed by atoms with van der Waals surface area (Å²) in [7, 11) is 1.83. The second-order valence-electron chi connectivity index (χ2n) is 6.09. The van der Waals surface area contributed by atoms with Gasteiger partial charge in [-0.2, -0.15) is 0 Å². The van der Waals surface area contributed by atoms with Gasteiger partial charge in [-0.3, -0.25) is 4.99 Å². The van der Waals surface area contributed by atoms with E-state index < -0.39 is 0 Å². The lowest BCUT2D eigenvalue weighted by Gasteiger charge is -2.35. The van der Waals surface area contributed by atoms with Gasteiger partial charge < -0.3 is 20.4 Å². The Morgan fingerprint density at radius 3 is 2.20 bits per heavy atom. The molecular formula is C15H33N5. The maximum atomic E-state index is 4.24. The summed E-state index contributed by atoms with van der Waals surface area (Å²) in [6, 6.07) is 0.415. The molecule has 20 heavy (non-hydrogen) atoms. The number of guanidine groups is 1. The molecule has 1 saturated heterocycles. The van der Waals surface area contributed by atoms with Gasteiger partial charge in [-0.15, -0.1) is 0 Å². The Morgan fingerprint density at radius 1 is 1.10 bits per heavy atom. The van der Waals surface area contributed by atoms with Crippen LogP contribution in [-0.2, 0) is 0 Å². The Hall–Kier alpha value is -0.810.